The molecule has 0 unspecified atom stereocenters. The van der Waals surface area contributed by atoms with Crippen molar-refractivity contribution in [2.24, 2.45) is 0 Å². The van der Waals surface area contributed by atoms with Crippen LogP contribution in [0.5, 0.6) is 5.75 Å². The Kier molecular flexibility index (Phi) is 9.20. The first-order valence-electron chi connectivity index (χ1n) is 10.9. The number of methoxy groups -OCH3 is 1. The Bertz CT molecular complexity index is 926. The van der Waals surface area contributed by atoms with E-state index in [0.29, 0.717) is 5.75 Å². The molecule has 0 saturated carbocycles. The number of carbonyl (C=O) groups is 1. The van der Waals surface area contributed by atoms with Crippen LogP contribution >= 0.6 is 15.9 Å². The van der Waals surface area contributed by atoms with Crippen LogP contribution in [0.4, 0.5) is 5.69 Å². The van der Waals surface area contributed by atoms with Gasteiger partial charge in [-0.25, -0.2) is 4.79 Å². The van der Waals surface area contributed by atoms with Crippen molar-refractivity contribution in [2.45, 2.75) is 38.5 Å². The molecule has 2 aliphatic rings. The number of ether oxygens (including phenoxy) is 1. The molecule has 1 fully saturated rings. The van der Waals surface area contributed by atoms with E-state index in [1.165, 1.54) is 37.6 Å². The standard InChI is InChI=1S/C13H13BrO2.C11H16BNO3/c1-16-13(15)10-4-2-3-9-5-6-12(14)8-11(9)7-10;14-12(15)16-11-6-4-10(5-7-11)13-8-2-1-3-9-13/h5-8H,2-4H2,1H3;4-7,14-15H,1-3,8-9H2. The second-order valence-corrected chi connectivity index (χ2v) is 8.76. The third-order valence-corrected chi connectivity index (χ3v) is 6.07. The summed E-state index contributed by atoms with van der Waals surface area (Å²) in [7, 11) is -0.323. The van der Waals surface area contributed by atoms with Crippen molar-refractivity contribution in [3.8, 4) is 5.75 Å². The molecule has 0 radical (unpaired) electrons. The maximum absolute atomic E-state index is 11.5. The number of carbonyl (C=O) groups excluding carboxylic acids is 1. The van der Waals surface area contributed by atoms with Gasteiger partial charge in [-0.05, 0) is 92.1 Å². The van der Waals surface area contributed by atoms with E-state index in [4.69, 9.17) is 19.4 Å². The fourth-order valence-electron chi connectivity index (χ4n) is 3.96. The Morgan fingerprint density at radius 2 is 1.72 bits per heavy atom. The van der Waals surface area contributed by atoms with Crippen LogP contribution in [-0.2, 0) is 16.0 Å². The predicted octanol–water partition coefficient (Wildman–Crippen LogP) is 4.37. The molecule has 2 N–H and O–H groups in total. The summed E-state index contributed by atoms with van der Waals surface area (Å²) in [4.78, 5) is 13.8. The van der Waals surface area contributed by atoms with E-state index < -0.39 is 7.32 Å². The SMILES string of the molecule is COC(=O)C1=Cc2cc(Br)ccc2CCC1.OB(O)Oc1ccc(N2CCCCC2)cc1. The average Bonchev–Trinajstić information content (AvgIpc) is 3.02. The van der Waals surface area contributed by atoms with Crippen LogP contribution in [0.2, 0.25) is 0 Å². The van der Waals surface area contributed by atoms with Gasteiger partial charge in [0.15, 0.2) is 0 Å². The fraction of sp³-hybridized carbons (Fsp3) is 0.375. The first-order chi connectivity index (χ1) is 15.5. The maximum atomic E-state index is 11.5. The van der Waals surface area contributed by atoms with Crippen molar-refractivity contribution in [3.63, 3.8) is 0 Å². The monoisotopic (exact) mass is 501 g/mol. The van der Waals surface area contributed by atoms with Crippen LogP contribution in [0.15, 0.2) is 52.5 Å². The van der Waals surface area contributed by atoms with E-state index in [1.54, 1.807) is 12.1 Å². The molecule has 1 aliphatic heterocycles. The lowest BCUT2D eigenvalue weighted by molar-refractivity contribution is -0.136. The highest BCUT2D eigenvalue weighted by atomic mass is 79.9. The minimum absolute atomic E-state index is 0.215. The fourth-order valence-corrected chi connectivity index (χ4v) is 4.34. The van der Waals surface area contributed by atoms with E-state index in [2.05, 4.69) is 26.9 Å². The Morgan fingerprint density at radius 1 is 1.00 bits per heavy atom. The molecule has 170 valence electrons. The van der Waals surface area contributed by atoms with Crippen molar-refractivity contribution in [2.75, 3.05) is 25.1 Å². The normalized spacial score (nSPS) is 15.4. The van der Waals surface area contributed by atoms with Gasteiger partial charge in [-0.2, -0.15) is 0 Å². The predicted molar refractivity (Wildman–Crippen MR) is 130 cm³/mol. The highest BCUT2D eigenvalue weighted by Gasteiger charge is 2.15. The van der Waals surface area contributed by atoms with E-state index >= 15 is 0 Å². The summed E-state index contributed by atoms with van der Waals surface area (Å²) in [5.74, 6) is 0.253. The minimum atomic E-state index is -1.75. The molecule has 4 rings (SSSR count). The van der Waals surface area contributed by atoms with E-state index in [0.717, 1.165) is 48.0 Å². The number of halogens is 1. The Morgan fingerprint density at radius 3 is 2.38 bits per heavy atom. The summed E-state index contributed by atoms with van der Waals surface area (Å²) in [6.45, 7) is 2.20. The average molecular weight is 502 g/mol. The van der Waals surface area contributed by atoms with Crippen LogP contribution in [0.1, 0.15) is 43.2 Å². The molecule has 0 bridgehead atoms. The molecule has 32 heavy (non-hydrogen) atoms. The van der Waals surface area contributed by atoms with Crippen LogP contribution < -0.4 is 9.55 Å². The van der Waals surface area contributed by atoms with Gasteiger partial charge in [0, 0.05) is 28.8 Å². The van der Waals surface area contributed by atoms with Crippen molar-refractivity contribution < 1.29 is 24.2 Å². The number of anilines is 1. The summed E-state index contributed by atoms with van der Waals surface area (Å²) in [5.41, 5.74) is 4.34. The third kappa shape index (κ3) is 7.12. The molecule has 1 heterocycles. The summed E-state index contributed by atoms with van der Waals surface area (Å²) in [6, 6.07) is 13.6. The van der Waals surface area contributed by atoms with Crippen molar-refractivity contribution >= 4 is 41.0 Å². The molecule has 0 atom stereocenters. The van der Waals surface area contributed by atoms with Gasteiger partial charge in [0.2, 0.25) is 0 Å². The molecule has 1 aliphatic carbocycles. The van der Waals surface area contributed by atoms with Crippen LogP contribution in [0.25, 0.3) is 6.08 Å². The minimum Gasteiger partial charge on any atom is -0.512 e. The summed E-state index contributed by atoms with van der Waals surface area (Å²) in [6.07, 6.45) is 8.54. The molecule has 8 heteroatoms. The number of rotatable bonds is 4. The molecular weight excluding hydrogens is 473 g/mol. The van der Waals surface area contributed by atoms with E-state index in [-0.39, 0.29) is 5.97 Å². The van der Waals surface area contributed by atoms with Gasteiger partial charge in [0.1, 0.15) is 5.75 Å². The number of hydrogen-bond donors (Lipinski definition) is 2. The Balaban J connectivity index is 0.000000181. The van der Waals surface area contributed by atoms with Gasteiger partial charge < -0.3 is 24.3 Å². The van der Waals surface area contributed by atoms with E-state index in [9.17, 15) is 4.79 Å². The molecule has 0 amide bonds. The molecule has 2 aromatic carbocycles. The Labute approximate surface area is 198 Å². The topological polar surface area (TPSA) is 79.2 Å². The molecule has 0 aromatic heterocycles. The smallest absolute Gasteiger partial charge is 0.512 e. The molecule has 6 nitrogen and oxygen atoms in total. The summed E-state index contributed by atoms with van der Waals surface area (Å²) in [5, 5.41) is 17.3. The lowest BCUT2D eigenvalue weighted by Crippen LogP contribution is -2.29. The van der Waals surface area contributed by atoms with Gasteiger partial charge in [-0.3, -0.25) is 0 Å². The van der Waals surface area contributed by atoms with Crippen molar-refractivity contribution in [1.82, 2.24) is 0 Å². The number of benzene rings is 2. The summed E-state index contributed by atoms with van der Waals surface area (Å²) >= 11 is 3.44. The molecule has 1 saturated heterocycles. The molecule has 2 aromatic rings. The molecule has 0 spiro atoms. The largest absolute Gasteiger partial charge is 0.707 e. The van der Waals surface area contributed by atoms with Gasteiger partial charge >= 0.3 is 13.3 Å². The van der Waals surface area contributed by atoms with Gasteiger partial charge in [-0.15, -0.1) is 0 Å². The van der Waals surface area contributed by atoms with Crippen molar-refractivity contribution in [1.29, 1.82) is 0 Å². The second-order valence-electron chi connectivity index (χ2n) is 7.84. The van der Waals surface area contributed by atoms with Gasteiger partial charge in [-0.1, -0.05) is 22.0 Å². The quantitative estimate of drug-likeness (QED) is 0.478. The first kappa shape index (κ1) is 24.4. The number of fused-ring (bicyclic) bond motifs is 1. The van der Waals surface area contributed by atoms with Gasteiger partial charge in [0.25, 0.3) is 0 Å². The van der Waals surface area contributed by atoms with Crippen LogP contribution in [0, 0.1) is 0 Å². The first-order valence-corrected chi connectivity index (χ1v) is 11.7. The van der Waals surface area contributed by atoms with Crippen LogP contribution in [-0.4, -0.2) is 43.5 Å². The second kappa shape index (κ2) is 12.1. The number of hydrogen-bond acceptors (Lipinski definition) is 6. The third-order valence-electron chi connectivity index (χ3n) is 5.58. The highest BCUT2D eigenvalue weighted by Crippen LogP contribution is 2.26. The number of nitrogens with zero attached hydrogens (tertiary/aromatic N) is 1. The van der Waals surface area contributed by atoms with E-state index in [1.807, 2.05) is 30.3 Å². The maximum Gasteiger partial charge on any atom is 0.707 e. The zero-order valence-electron chi connectivity index (χ0n) is 18.3. The Hall–Kier alpha value is -2.29. The number of esters is 1. The molecular formula is C24H29BBrNO5. The highest BCUT2D eigenvalue weighted by molar-refractivity contribution is 9.10. The number of piperidine rings is 1. The number of aryl methyl sites for hydroxylation is 1. The zero-order valence-corrected chi connectivity index (χ0v) is 19.9. The zero-order chi connectivity index (χ0) is 22.9. The lowest BCUT2D eigenvalue weighted by atomic mass is 10.1. The van der Waals surface area contributed by atoms with Crippen molar-refractivity contribution in [3.05, 3.63) is 63.6 Å². The van der Waals surface area contributed by atoms with Crippen LogP contribution in [0.3, 0.4) is 0 Å². The summed E-state index contributed by atoms with van der Waals surface area (Å²) < 4.78 is 10.6. The van der Waals surface area contributed by atoms with Gasteiger partial charge in [0.05, 0.1) is 7.11 Å². The lowest BCUT2D eigenvalue weighted by Gasteiger charge is -2.28.